The Morgan fingerprint density at radius 2 is 0.473 bits per heavy atom. The van der Waals surface area contributed by atoms with Crippen LogP contribution in [0.5, 0.6) is 23.0 Å². The highest BCUT2D eigenvalue weighted by Crippen LogP contribution is 2.51. The van der Waals surface area contributed by atoms with Gasteiger partial charge in [0.05, 0.1) is 131 Å². The van der Waals surface area contributed by atoms with Gasteiger partial charge in [0.15, 0.2) is 11.6 Å². The average molecular weight is 2130 g/mol. The minimum Gasteiger partial charge on any atom is -0.497 e. The molecule has 2 aliphatic heterocycles. The van der Waals surface area contributed by atoms with E-state index in [2.05, 4.69) is 71.3 Å². The highest BCUT2D eigenvalue weighted by molar-refractivity contribution is 6.62. The molecule has 18 rings (SSSR count). The number of carbonyl (C=O) groups excluding carboxylic acids is 1. The standard InChI is InChI=1S/C36H40O6.C29H38O5.C27H34O7.C23H30O5.C2H4Cl2O.C2H3ClO.C2H6O/c1-26-32(37)34(40-23-28-14-8-4-9-15-28)36(42-24-29-16-10-5-11-17-29)35(33(26)39-22-27-12-6-3-7-13-27)41-25-30-18-20-31(38-2)21-19-30;1-20-21(2)26-28(34-29(33-26)16-8-5-9-17-29)27(25(20)31-18-22-10-6-4-7-11-22)32-19-23-12-14-24(30-3)15-13-23;1-30-20-12-10-19(11-13-20)17-32-25-23(31-16-18-8-4-2-5-9-18)21(28)22(29)24-26(25)34-27(33-24)14-6-3-7-15-27;1-15-16(2)22(27-13-17-7-5-4-6-8-17)23(21(25)20(15)24)28-14-18-9-11-19(26-3)12-10-18;1-5-2(3)4;1-2(3)4;1-3-2/h3-21,26,32-37H,22-25H2,1-2H3;4,6-7,10-15,20-21,25-28H,5,8-9,16-19H2,1-3H3;2,4-5,8-13,21-26,28-29H,3,6-7,14-17H2,1H3;4-12,15-16,20-25H,13-14H2,1-3H3;2H,1H3;1H3;1-2H3/t26-,32?,33?,34-,35?,36+;20-,21?,25?,26+,27?,28+;21-,22?,23?,24+,25?,26+;15?,16-,20+,21+,22?,23?;;;/m0000.../s1. The van der Waals surface area contributed by atoms with Crippen LogP contribution < -0.4 is 18.9 Å². The lowest BCUT2D eigenvalue weighted by Gasteiger charge is -2.48. The lowest BCUT2D eigenvalue weighted by molar-refractivity contribution is -0.258. The molecule has 6 saturated carbocycles. The van der Waals surface area contributed by atoms with E-state index in [1.807, 2.05) is 263 Å². The van der Waals surface area contributed by atoms with Crippen LogP contribution in [0.1, 0.15) is 161 Å². The lowest BCUT2D eigenvalue weighted by Crippen LogP contribution is -2.64. The lowest BCUT2D eigenvalue weighted by atomic mass is 9.74. The first-order chi connectivity index (χ1) is 72.7. The number of aliphatic hydroxyl groups is 5. The van der Waals surface area contributed by atoms with Crippen LogP contribution in [0, 0.1) is 29.6 Å². The maximum atomic E-state index is 11.7. The zero-order valence-electron chi connectivity index (χ0n) is 88.6. The summed E-state index contributed by atoms with van der Waals surface area (Å²) in [6, 6.07) is 91.2. The zero-order chi connectivity index (χ0) is 107. The number of alkyl halides is 2. The van der Waals surface area contributed by atoms with Crippen molar-refractivity contribution in [2.24, 2.45) is 29.6 Å². The van der Waals surface area contributed by atoms with E-state index in [4.69, 9.17) is 108 Å². The topological polar surface area (TPSA) is 303 Å². The number of hydrogen-bond acceptors (Lipinski definition) is 26. The van der Waals surface area contributed by atoms with Crippen molar-refractivity contribution in [2.45, 2.75) is 304 Å². The van der Waals surface area contributed by atoms with Crippen molar-refractivity contribution in [1.82, 2.24) is 0 Å². The summed E-state index contributed by atoms with van der Waals surface area (Å²) in [5.74, 6) is 2.32. The molecule has 0 radical (unpaired) electrons. The third kappa shape index (κ3) is 35.1. The van der Waals surface area contributed by atoms with Crippen molar-refractivity contribution in [2.75, 3.05) is 49.8 Å². The van der Waals surface area contributed by atoms with Gasteiger partial charge in [-0.15, -0.1) is 0 Å². The van der Waals surface area contributed by atoms with Crippen molar-refractivity contribution in [1.29, 1.82) is 0 Å². The van der Waals surface area contributed by atoms with Gasteiger partial charge in [0.2, 0.25) is 10.3 Å². The first kappa shape index (κ1) is 120. The molecule has 0 amide bonds. The molecule has 24 atom stereocenters. The van der Waals surface area contributed by atoms with Crippen LogP contribution in [0.2, 0.25) is 0 Å². The summed E-state index contributed by atoms with van der Waals surface area (Å²) in [6.45, 7) is 15.7. The molecule has 6 aliphatic carbocycles. The number of halogens is 3. The van der Waals surface area contributed by atoms with E-state index in [0.717, 1.165) is 131 Å². The van der Waals surface area contributed by atoms with Crippen LogP contribution >= 0.6 is 34.8 Å². The normalized spacial score (nSPS) is 27.6. The number of benzene rings is 10. The largest absolute Gasteiger partial charge is 0.497 e. The molecular formula is C121H155Cl3O26. The molecule has 150 heavy (non-hydrogen) atoms. The summed E-state index contributed by atoms with van der Waals surface area (Å²) in [7, 11) is 11.3. The van der Waals surface area contributed by atoms with Crippen LogP contribution in [0.15, 0.2) is 279 Å². The third-order valence-corrected chi connectivity index (χ3v) is 29.4. The van der Waals surface area contributed by atoms with Crippen molar-refractivity contribution >= 4 is 40.0 Å². The molecule has 0 aromatic heterocycles. The summed E-state index contributed by atoms with van der Waals surface area (Å²) in [4.78, 5) is 9.21. The number of hydrogen-bond donors (Lipinski definition) is 5. The van der Waals surface area contributed by atoms with Gasteiger partial charge >= 0.3 is 0 Å². The number of methoxy groups -OCH3 is 6. The SMILES string of the molecule is CC(=O)Cl.COC.COC(Cl)Cl.COc1ccc(COC2C(OCc3ccccc3)[C@@H](C)C(C)[C@@H](O)[C@H]2O)cc1.COc1ccc(COC2C(OCc3ccccc3)[C@@H](C)C(C)[C@H]3OC4(CCCCC4)O[C@@H]23)cc1.COc1ccc(COC2C(OCc3ccccc3)[C@@H](C)C(O)[C@H](OCc3ccccc3)[C@H]2OCc2ccccc2)cc1.COc1ccc(COC2C(OCc3ccccc3)[C@@H](O)C(O)[C@H]3OC4(CCCCC4)O[C@@H]23)cc1. The third-order valence-electron chi connectivity index (χ3n) is 29.0. The van der Waals surface area contributed by atoms with Crippen LogP contribution in [-0.4, -0.2) is 213 Å². The molecule has 2 spiro atoms. The van der Waals surface area contributed by atoms with Crippen molar-refractivity contribution < 1.29 is 125 Å². The monoisotopic (exact) mass is 2130 g/mol. The second-order valence-corrected chi connectivity index (χ2v) is 41.0. The fourth-order valence-corrected chi connectivity index (χ4v) is 20.3. The molecule has 0 bridgehead atoms. The molecule has 2 heterocycles. The van der Waals surface area contributed by atoms with E-state index in [1.165, 1.54) is 26.0 Å². The predicted octanol–water partition coefficient (Wildman–Crippen LogP) is 21.2. The maximum Gasteiger partial charge on any atom is 0.218 e. The summed E-state index contributed by atoms with van der Waals surface area (Å²) >= 11 is 14.6. The second kappa shape index (κ2) is 62.0. The van der Waals surface area contributed by atoms with Crippen molar-refractivity contribution in [3.8, 4) is 23.0 Å². The molecular weight excluding hydrogens is 1980 g/mol. The van der Waals surface area contributed by atoms with Gasteiger partial charge in [-0.25, -0.2) is 0 Å². The fourth-order valence-electron chi connectivity index (χ4n) is 20.3. The van der Waals surface area contributed by atoms with Gasteiger partial charge < -0.3 is 120 Å². The Morgan fingerprint density at radius 3 is 0.767 bits per heavy atom. The van der Waals surface area contributed by atoms with Crippen molar-refractivity contribution in [3.63, 3.8) is 0 Å². The number of aliphatic hydroxyl groups excluding tert-OH is 5. The average Bonchev–Trinajstić information content (AvgIpc) is 1.58. The minimum atomic E-state index is -1.16. The number of fused-ring (bicyclic) bond motifs is 2. The van der Waals surface area contributed by atoms with Crippen LogP contribution in [-0.2, 0) is 147 Å². The molecule has 29 heteroatoms. The summed E-state index contributed by atoms with van der Waals surface area (Å²) < 4.78 is 120. The summed E-state index contributed by atoms with van der Waals surface area (Å²) in [6.07, 6.45) is -0.635. The molecule has 816 valence electrons. The minimum absolute atomic E-state index is 0.0329. The quantitative estimate of drug-likeness (QED) is 0.0182. The molecule has 8 aliphatic rings. The maximum absolute atomic E-state index is 11.7. The van der Waals surface area contributed by atoms with E-state index in [-0.39, 0.29) is 59.4 Å². The van der Waals surface area contributed by atoms with Gasteiger partial charge in [-0.05, 0) is 165 Å². The molecule has 26 nitrogen and oxygen atoms in total. The number of ether oxygens (including phenoxy) is 20. The second-order valence-electron chi connectivity index (χ2n) is 39.5. The Balaban J connectivity index is 0.000000172. The Kier molecular flexibility index (Phi) is 49.5. The van der Waals surface area contributed by atoms with Gasteiger partial charge in [-0.1, -0.05) is 301 Å². The Labute approximate surface area is 901 Å². The highest BCUT2D eigenvalue weighted by Gasteiger charge is 2.63. The zero-order valence-corrected chi connectivity index (χ0v) is 90.8. The Morgan fingerprint density at radius 1 is 0.267 bits per heavy atom. The number of rotatable bonds is 35. The van der Waals surface area contributed by atoms with Gasteiger partial charge in [-0.2, -0.15) is 0 Å². The molecule has 12 unspecified atom stereocenters. The Hall–Kier alpha value is -8.90. The van der Waals surface area contributed by atoms with Gasteiger partial charge in [0.25, 0.3) is 0 Å². The number of carbonyl (C=O) groups is 1. The first-order valence-corrected chi connectivity index (χ1v) is 53.4. The van der Waals surface area contributed by atoms with Crippen LogP contribution in [0.25, 0.3) is 0 Å². The molecule has 10 aromatic carbocycles. The van der Waals surface area contributed by atoms with Crippen LogP contribution in [0.4, 0.5) is 0 Å². The molecule has 10 aromatic rings. The van der Waals surface area contributed by atoms with E-state index < -0.39 is 102 Å². The molecule has 5 N–H and O–H groups in total. The summed E-state index contributed by atoms with van der Waals surface area (Å²) in [5.41, 5.74) is 10.4. The highest BCUT2D eigenvalue weighted by atomic mass is 35.5. The van der Waals surface area contributed by atoms with Gasteiger partial charge in [-0.3, -0.25) is 4.79 Å². The molecule has 8 fully saturated rings. The predicted molar refractivity (Wildman–Crippen MR) is 575 cm³/mol. The van der Waals surface area contributed by atoms with Crippen molar-refractivity contribution in [3.05, 3.63) is 335 Å². The Bertz CT molecular complexity index is 5210. The van der Waals surface area contributed by atoms with E-state index in [0.29, 0.717) is 72.0 Å². The van der Waals surface area contributed by atoms with E-state index in [1.54, 1.807) is 42.7 Å². The molecule has 2 saturated heterocycles. The van der Waals surface area contributed by atoms with Crippen LogP contribution in [0.3, 0.4) is 0 Å². The van der Waals surface area contributed by atoms with Gasteiger partial charge in [0.1, 0.15) is 102 Å². The summed E-state index contributed by atoms with van der Waals surface area (Å²) in [5, 5.41) is 53.8. The smallest absolute Gasteiger partial charge is 0.218 e. The van der Waals surface area contributed by atoms with E-state index >= 15 is 0 Å². The fraction of sp³-hybridized carbons (Fsp3) is 0.496. The first-order valence-electron chi connectivity index (χ1n) is 52.1. The van der Waals surface area contributed by atoms with Gasteiger partial charge in [0, 0.05) is 59.9 Å². The van der Waals surface area contributed by atoms with E-state index in [9.17, 15) is 30.3 Å².